The Balaban J connectivity index is 1.34. The van der Waals surface area contributed by atoms with E-state index in [1.54, 1.807) is 24.8 Å². The van der Waals surface area contributed by atoms with Gasteiger partial charge in [-0.05, 0) is 30.2 Å². The summed E-state index contributed by atoms with van der Waals surface area (Å²) in [6.07, 6.45) is 14.0. The van der Waals surface area contributed by atoms with E-state index in [4.69, 9.17) is 5.73 Å². The van der Waals surface area contributed by atoms with Gasteiger partial charge in [-0.15, -0.1) is 0 Å². The van der Waals surface area contributed by atoms with Crippen LogP contribution in [0.2, 0.25) is 0 Å². The molecule has 0 bridgehead atoms. The number of hydrogen-bond donors (Lipinski definition) is 1. The standard InChI is InChI=1S/C25H20N8O/c26-24-28-11-19(12-29-24)22-14-31-25-30-13-20(15-33(22)25)18-8-17(9-27-10-18)16-3-5-21(6-4-16)32-7-1-2-23(32)34/h3-6,8-15H,1-2,7H2,(H2,26,28,29). The number of rotatable bonds is 4. The molecule has 34 heavy (non-hydrogen) atoms. The summed E-state index contributed by atoms with van der Waals surface area (Å²) in [6.45, 7) is 0.781. The zero-order chi connectivity index (χ0) is 23.1. The molecule has 1 aromatic carbocycles. The molecule has 0 aliphatic carbocycles. The Kier molecular flexibility index (Phi) is 4.72. The molecule has 2 N–H and O–H groups in total. The van der Waals surface area contributed by atoms with Gasteiger partial charge < -0.3 is 10.6 Å². The lowest BCUT2D eigenvalue weighted by Crippen LogP contribution is -2.23. The maximum Gasteiger partial charge on any atom is 0.234 e. The predicted molar refractivity (Wildman–Crippen MR) is 129 cm³/mol. The van der Waals surface area contributed by atoms with Crippen LogP contribution in [0.25, 0.3) is 39.3 Å². The van der Waals surface area contributed by atoms with Crippen molar-refractivity contribution in [3.8, 4) is 33.5 Å². The number of pyridine rings is 1. The molecule has 5 heterocycles. The van der Waals surface area contributed by atoms with Crippen LogP contribution in [-0.4, -0.2) is 41.8 Å². The summed E-state index contributed by atoms with van der Waals surface area (Å²) in [6, 6.07) is 10.1. The Bertz CT molecular complexity index is 1510. The molecule has 1 fully saturated rings. The van der Waals surface area contributed by atoms with Gasteiger partial charge in [0.05, 0.1) is 11.9 Å². The fraction of sp³-hybridized carbons (Fsp3) is 0.120. The second-order valence-electron chi connectivity index (χ2n) is 8.14. The molecule has 6 rings (SSSR count). The summed E-state index contributed by atoms with van der Waals surface area (Å²) in [5.41, 5.74) is 12.0. The van der Waals surface area contributed by atoms with Crippen molar-refractivity contribution in [3.63, 3.8) is 0 Å². The molecule has 1 aliphatic heterocycles. The number of fused-ring (bicyclic) bond motifs is 1. The fourth-order valence-corrected chi connectivity index (χ4v) is 4.22. The predicted octanol–water partition coefficient (Wildman–Crippen LogP) is 3.62. The number of benzene rings is 1. The molecule has 166 valence electrons. The van der Waals surface area contributed by atoms with Crippen LogP contribution >= 0.6 is 0 Å². The number of anilines is 2. The molecule has 1 amide bonds. The lowest BCUT2D eigenvalue weighted by atomic mass is 10.0. The van der Waals surface area contributed by atoms with E-state index in [1.807, 2.05) is 52.2 Å². The van der Waals surface area contributed by atoms with Crippen LogP contribution < -0.4 is 10.6 Å². The van der Waals surface area contributed by atoms with E-state index in [1.165, 1.54) is 0 Å². The number of imidazole rings is 1. The zero-order valence-electron chi connectivity index (χ0n) is 18.2. The maximum absolute atomic E-state index is 12.0. The van der Waals surface area contributed by atoms with Crippen LogP contribution in [0, 0.1) is 0 Å². The van der Waals surface area contributed by atoms with E-state index in [0.717, 1.165) is 52.2 Å². The van der Waals surface area contributed by atoms with E-state index in [0.29, 0.717) is 12.2 Å². The summed E-state index contributed by atoms with van der Waals surface area (Å²) in [4.78, 5) is 35.4. The SMILES string of the molecule is Nc1ncc(-c2cnc3ncc(-c4cncc(-c5ccc(N6CCCC6=O)cc5)c4)cn23)cn1. The molecule has 0 radical (unpaired) electrons. The maximum atomic E-state index is 12.0. The molecular weight excluding hydrogens is 428 g/mol. The first kappa shape index (κ1) is 20.0. The Labute approximate surface area is 195 Å². The van der Waals surface area contributed by atoms with Crippen molar-refractivity contribution in [2.75, 3.05) is 17.2 Å². The zero-order valence-corrected chi connectivity index (χ0v) is 18.2. The van der Waals surface area contributed by atoms with Gasteiger partial charge in [0.25, 0.3) is 0 Å². The van der Waals surface area contributed by atoms with Crippen molar-refractivity contribution in [3.05, 3.63) is 73.7 Å². The summed E-state index contributed by atoms with van der Waals surface area (Å²) >= 11 is 0. The number of carbonyl (C=O) groups excluding carboxylic acids is 1. The van der Waals surface area contributed by atoms with Crippen molar-refractivity contribution in [2.45, 2.75) is 12.8 Å². The third-order valence-corrected chi connectivity index (χ3v) is 5.99. The largest absolute Gasteiger partial charge is 0.368 e. The van der Waals surface area contributed by atoms with Gasteiger partial charge in [0, 0.05) is 78.1 Å². The van der Waals surface area contributed by atoms with Crippen molar-refractivity contribution in [1.82, 2.24) is 29.3 Å². The molecular formula is C25H20N8O. The highest BCUT2D eigenvalue weighted by molar-refractivity contribution is 5.95. The minimum absolute atomic E-state index is 0.184. The second kappa shape index (κ2) is 8.04. The number of amides is 1. The van der Waals surface area contributed by atoms with Gasteiger partial charge in [0.15, 0.2) is 0 Å². The highest BCUT2D eigenvalue weighted by Gasteiger charge is 2.21. The molecule has 0 spiro atoms. The highest BCUT2D eigenvalue weighted by Crippen LogP contribution is 2.29. The molecule has 0 saturated carbocycles. The number of nitrogen functional groups attached to an aromatic ring is 1. The Morgan fingerprint density at radius 2 is 1.47 bits per heavy atom. The van der Waals surface area contributed by atoms with Gasteiger partial charge in [0.2, 0.25) is 17.6 Å². The smallest absolute Gasteiger partial charge is 0.234 e. The fourth-order valence-electron chi connectivity index (χ4n) is 4.22. The molecule has 0 unspecified atom stereocenters. The number of carbonyl (C=O) groups is 1. The Morgan fingerprint density at radius 3 is 2.21 bits per heavy atom. The highest BCUT2D eigenvalue weighted by atomic mass is 16.2. The lowest BCUT2D eigenvalue weighted by Gasteiger charge is -2.16. The topological polar surface area (TPSA) is 115 Å². The molecule has 0 atom stereocenters. The van der Waals surface area contributed by atoms with Gasteiger partial charge in [-0.25, -0.2) is 19.9 Å². The van der Waals surface area contributed by atoms with Gasteiger partial charge in [-0.2, -0.15) is 0 Å². The normalized spacial score (nSPS) is 13.6. The Hall–Kier alpha value is -4.66. The number of hydrogen-bond acceptors (Lipinski definition) is 7. The summed E-state index contributed by atoms with van der Waals surface area (Å²) < 4.78 is 1.90. The van der Waals surface area contributed by atoms with E-state index in [9.17, 15) is 4.79 Å². The minimum atomic E-state index is 0.184. The van der Waals surface area contributed by atoms with Crippen molar-refractivity contribution < 1.29 is 4.79 Å². The summed E-state index contributed by atoms with van der Waals surface area (Å²) in [5.74, 6) is 0.981. The molecule has 4 aromatic heterocycles. The first-order valence-corrected chi connectivity index (χ1v) is 10.9. The third kappa shape index (κ3) is 3.53. The average molecular weight is 448 g/mol. The average Bonchev–Trinajstić information content (AvgIpc) is 3.50. The van der Waals surface area contributed by atoms with E-state index in [2.05, 4.69) is 31.0 Å². The first-order chi connectivity index (χ1) is 16.7. The minimum Gasteiger partial charge on any atom is -0.368 e. The van der Waals surface area contributed by atoms with Gasteiger partial charge in [-0.3, -0.25) is 14.2 Å². The lowest BCUT2D eigenvalue weighted by molar-refractivity contribution is -0.117. The van der Waals surface area contributed by atoms with E-state index >= 15 is 0 Å². The second-order valence-corrected chi connectivity index (χ2v) is 8.14. The number of nitrogens with two attached hydrogens (primary N) is 1. The molecule has 1 saturated heterocycles. The summed E-state index contributed by atoms with van der Waals surface area (Å²) in [5, 5.41) is 0. The van der Waals surface area contributed by atoms with Crippen LogP contribution in [0.5, 0.6) is 0 Å². The van der Waals surface area contributed by atoms with Crippen LogP contribution in [-0.2, 0) is 4.79 Å². The van der Waals surface area contributed by atoms with Gasteiger partial charge in [-0.1, -0.05) is 12.1 Å². The van der Waals surface area contributed by atoms with Crippen molar-refractivity contribution in [1.29, 1.82) is 0 Å². The molecule has 9 nitrogen and oxygen atoms in total. The van der Waals surface area contributed by atoms with E-state index in [-0.39, 0.29) is 11.9 Å². The monoisotopic (exact) mass is 448 g/mol. The molecule has 9 heteroatoms. The quantitative estimate of drug-likeness (QED) is 0.446. The van der Waals surface area contributed by atoms with Crippen LogP contribution in [0.3, 0.4) is 0 Å². The Morgan fingerprint density at radius 1 is 0.765 bits per heavy atom. The van der Waals surface area contributed by atoms with Gasteiger partial charge >= 0.3 is 0 Å². The van der Waals surface area contributed by atoms with Crippen LogP contribution in [0.15, 0.2) is 73.7 Å². The van der Waals surface area contributed by atoms with Crippen molar-refractivity contribution in [2.24, 2.45) is 0 Å². The van der Waals surface area contributed by atoms with Gasteiger partial charge in [0.1, 0.15) is 0 Å². The van der Waals surface area contributed by atoms with E-state index < -0.39 is 0 Å². The summed E-state index contributed by atoms with van der Waals surface area (Å²) in [7, 11) is 0. The molecule has 5 aromatic rings. The molecule has 1 aliphatic rings. The number of nitrogens with zero attached hydrogens (tertiary/aromatic N) is 7. The van der Waals surface area contributed by atoms with Crippen LogP contribution in [0.4, 0.5) is 11.6 Å². The van der Waals surface area contributed by atoms with Crippen LogP contribution in [0.1, 0.15) is 12.8 Å². The van der Waals surface area contributed by atoms with Crippen molar-refractivity contribution >= 4 is 23.3 Å². The first-order valence-electron chi connectivity index (χ1n) is 10.9. The third-order valence-electron chi connectivity index (χ3n) is 5.99. The number of aromatic nitrogens is 6.